The molecule has 3 rings (SSSR count). The van der Waals surface area contributed by atoms with Crippen LogP contribution >= 0.6 is 0 Å². The lowest BCUT2D eigenvalue weighted by Crippen LogP contribution is -2.17. The second-order valence-electron chi connectivity index (χ2n) is 5.83. The molecular formula is C20H23N3. The van der Waals surface area contributed by atoms with Crippen molar-refractivity contribution in [3.8, 4) is 11.3 Å². The fourth-order valence-electron chi connectivity index (χ4n) is 2.97. The van der Waals surface area contributed by atoms with Gasteiger partial charge in [-0.2, -0.15) is 5.10 Å². The van der Waals surface area contributed by atoms with E-state index in [0.29, 0.717) is 6.54 Å². The van der Waals surface area contributed by atoms with Gasteiger partial charge in [0, 0.05) is 30.8 Å². The summed E-state index contributed by atoms with van der Waals surface area (Å²) in [5, 5.41) is 4.67. The Balaban J connectivity index is 1.96. The van der Waals surface area contributed by atoms with Gasteiger partial charge in [0.1, 0.15) is 0 Å². The maximum Gasteiger partial charge on any atom is 0.0926 e. The van der Waals surface area contributed by atoms with Gasteiger partial charge in [-0.15, -0.1) is 0 Å². The second-order valence-corrected chi connectivity index (χ2v) is 5.83. The molecule has 0 spiro atoms. The largest absolute Gasteiger partial charge is 0.329 e. The third kappa shape index (κ3) is 3.20. The predicted molar refractivity (Wildman–Crippen MR) is 95.4 cm³/mol. The molecule has 1 heterocycles. The fourth-order valence-corrected chi connectivity index (χ4v) is 2.97. The van der Waals surface area contributed by atoms with Crippen LogP contribution in [0.15, 0.2) is 60.7 Å². The van der Waals surface area contributed by atoms with Gasteiger partial charge >= 0.3 is 0 Å². The molecule has 3 nitrogen and oxygen atoms in total. The Kier molecular flexibility index (Phi) is 4.58. The second kappa shape index (κ2) is 6.80. The molecule has 0 aliphatic rings. The van der Waals surface area contributed by atoms with Gasteiger partial charge in [-0.3, -0.25) is 4.68 Å². The van der Waals surface area contributed by atoms with E-state index in [1.165, 1.54) is 11.1 Å². The lowest BCUT2D eigenvalue weighted by molar-refractivity contribution is 0.664. The number of nitrogens with two attached hydrogens (primary N) is 1. The molecule has 23 heavy (non-hydrogen) atoms. The predicted octanol–water partition coefficient (Wildman–Crippen LogP) is 3.74. The van der Waals surface area contributed by atoms with E-state index in [-0.39, 0.29) is 5.92 Å². The van der Waals surface area contributed by atoms with Crippen LogP contribution in [0.4, 0.5) is 0 Å². The van der Waals surface area contributed by atoms with Gasteiger partial charge in [0.05, 0.1) is 5.69 Å². The third-order valence-electron chi connectivity index (χ3n) is 4.37. The van der Waals surface area contributed by atoms with Gasteiger partial charge < -0.3 is 5.73 Å². The number of hydrogen-bond acceptors (Lipinski definition) is 2. The van der Waals surface area contributed by atoms with Crippen molar-refractivity contribution in [2.45, 2.75) is 19.3 Å². The summed E-state index contributed by atoms with van der Waals surface area (Å²) in [4.78, 5) is 0. The van der Waals surface area contributed by atoms with Crippen LogP contribution in [0.3, 0.4) is 0 Å². The number of rotatable bonds is 5. The van der Waals surface area contributed by atoms with Crippen molar-refractivity contribution in [2.24, 2.45) is 12.8 Å². The van der Waals surface area contributed by atoms with Crippen LogP contribution < -0.4 is 5.73 Å². The van der Waals surface area contributed by atoms with Crippen molar-refractivity contribution in [1.29, 1.82) is 0 Å². The standard InChI is InChI=1S/C20H23N3/c1-3-15-9-11-16(12-10-15)18(14-21)20-13-19(22-23(20)2)17-7-5-4-6-8-17/h4-13,18H,3,14,21H2,1-2H3. The summed E-state index contributed by atoms with van der Waals surface area (Å²) >= 11 is 0. The topological polar surface area (TPSA) is 43.8 Å². The first-order valence-electron chi connectivity index (χ1n) is 8.11. The quantitative estimate of drug-likeness (QED) is 0.780. The van der Waals surface area contributed by atoms with Crippen molar-refractivity contribution in [1.82, 2.24) is 9.78 Å². The van der Waals surface area contributed by atoms with Crippen LogP contribution in [0.1, 0.15) is 29.7 Å². The molecule has 1 atom stereocenters. The molecule has 3 aromatic rings. The molecule has 0 saturated carbocycles. The van der Waals surface area contributed by atoms with E-state index in [1.807, 2.05) is 29.9 Å². The maximum atomic E-state index is 6.08. The molecule has 0 saturated heterocycles. The highest BCUT2D eigenvalue weighted by Crippen LogP contribution is 2.27. The van der Waals surface area contributed by atoms with Crippen LogP contribution in [0, 0.1) is 0 Å². The van der Waals surface area contributed by atoms with Crippen molar-refractivity contribution < 1.29 is 0 Å². The summed E-state index contributed by atoms with van der Waals surface area (Å²) in [5.41, 5.74) is 11.9. The van der Waals surface area contributed by atoms with Crippen LogP contribution in [0.5, 0.6) is 0 Å². The van der Waals surface area contributed by atoms with E-state index in [1.54, 1.807) is 0 Å². The van der Waals surface area contributed by atoms with Crippen LogP contribution in [-0.4, -0.2) is 16.3 Å². The average Bonchev–Trinajstić information content (AvgIpc) is 2.99. The van der Waals surface area contributed by atoms with Gasteiger partial charge in [0.2, 0.25) is 0 Å². The highest BCUT2D eigenvalue weighted by Gasteiger charge is 2.18. The van der Waals surface area contributed by atoms with Crippen molar-refractivity contribution >= 4 is 0 Å². The van der Waals surface area contributed by atoms with Gasteiger partial charge in [0.25, 0.3) is 0 Å². The van der Waals surface area contributed by atoms with E-state index >= 15 is 0 Å². The highest BCUT2D eigenvalue weighted by atomic mass is 15.3. The van der Waals surface area contributed by atoms with E-state index < -0.39 is 0 Å². The monoisotopic (exact) mass is 305 g/mol. The summed E-state index contributed by atoms with van der Waals surface area (Å²) in [6, 6.07) is 21.2. The Bertz CT molecular complexity index is 757. The molecule has 0 aliphatic heterocycles. The smallest absolute Gasteiger partial charge is 0.0926 e. The summed E-state index contributed by atoms with van der Waals surface area (Å²) in [6.07, 6.45) is 1.05. The number of nitrogens with zero attached hydrogens (tertiary/aromatic N) is 2. The van der Waals surface area contributed by atoms with E-state index in [9.17, 15) is 0 Å². The van der Waals surface area contributed by atoms with Gasteiger partial charge in [-0.05, 0) is 23.6 Å². The Morgan fingerprint density at radius 3 is 2.35 bits per heavy atom. The lowest BCUT2D eigenvalue weighted by Gasteiger charge is -2.16. The van der Waals surface area contributed by atoms with Crippen molar-refractivity contribution in [3.63, 3.8) is 0 Å². The zero-order valence-electron chi connectivity index (χ0n) is 13.7. The van der Waals surface area contributed by atoms with Crippen LogP contribution in [-0.2, 0) is 13.5 Å². The van der Waals surface area contributed by atoms with Gasteiger partial charge in [0.15, 0.2) is 0 Å². The van der Waals surface area contributed by atoms with Crippen LogP contribution in [0.25, 0.3) is 11.3 Å². The normalized spacial score (nSPS) is 12.3. The minimum atomic E-state index is 0.163. The molecule has 1 unspecified atom stereocenters. The molecule has 118 valence electrons. The zero-order valence-corrected chi connectivity index (χ0v) is 13.7. The third-order valence-corrected chi connectivity index (χ3v) is 4.37. The molecule has 1 aromatic heterocycles. The molecule has 0 radical (unpaired) electrons. The molecule has 2 aromatic carbocycles. The Morgan fingerprint density at radius 1 is 1.04 bits per heavy atom. The van der Waals surface area contributed by atoms with Crippen molar-refractivity contribution in [2.75, 3.05) is 6.54 Å². The van der Waals surface area contributed by atoms with Gasteiger partial charge in [-0.25, -0.2) is 0 Å². The summed E-state index contributed by atoms with van der Waals surface area (Å²) in [5.74, 6) is 0.163. The van der Waals surface area contributed by atoms with Crippen LogP contribution in [0.2, 0.25) is 0 Å². The molecule has 0 amide bonds. The molecule has 3 heteroatoms. The van der Waals surface area contributed by atoms with Crippen molar-refractivity contribution in [3.05, 3.63) is 77.5 Å². The summed E-state index contributed by atoms with van der Waals surface area (Å²) < 4.78 is 1.95. The molecule has 2 N–H and O–H groups in total. The number of aromatic nitrogens is 2. The number of benzene rings is 2. The zero-order chi connectivity index (χ0) is 16.2. The van der Waals surface area contributed by atoms with Gasteiger partial charge in [-0.1, -0.05) is 61.5 Å². The Labute approximate surface area is 137 Å². The SMILES string of the molecule is CCc1ccc(C(CN)c2cc(-c3ccccc3)nn2C)cc1. The highest BCUT2D eigenvalue weighted by molar-refractivity contribution is 5.59. The summed E-state index contributed by atoms with van der Waals surface area (Å²) in [6.45, 7) is 2.74. The average molecular weight is 305 g/mol. The number of hydrogen-bond donors (Lipinski definition) is 1. The summed E-state index contributed by atoms with van der Waals surface area (Å²) in [7, 11) is 1.99. The minimum absolute atomic E-state index is 0.163. The molecule has 0 bridgehead atoms. The Hall–Kier alpha value is -2.39. The van der Waals surface area contributed by atoms with E-state index in [0.717, 1.165) is 23.4 Å². The van der Waals surface area contributed by atoms with E-state index in [4.69, 9.17) is 5.73 Å². The first-order valence-corrected chi connectivity index (χ1v) is 8.11. The lowest BCUT2D eigenvalue weighted by atomic mass is 9.94. The molecule has 0 aliphatic carbocycles. The first kappa shape index (κ1) is 15.5. The molecular weight excluding hydrogens is 282 g/mol. The maximum absolute atomic E-state index is 6.08. The molecule has 0 fully saturated rings. The minimum Gasteiger partial charge on any atom is -0.329 e. The number of aryl methyl sites for hydroxylation is 2. The Morgan fingerprint density at radius 2 is 1.74 bits per heavy atom. The first-order chi connectivity index (χ1) is 11.2. The fraction of sp³-hybridized carbons (Fsp3) is 0.250. The van der Waals surface area contributed by atoms with E-state index in [2.05, 4.69) is 54.5 Å².